The number of hydrogen-bond acceptors (Lipinski definition) is 7. The number of ketones is 1. The van der Waals surface area contributed by atoms with Gasteiger partial charge in [0.2, 0.25) is 0 Å². The number of allylic oxidation sites excluding steroid dienone is 18. The van der Waals surface area contributed by atoms with Crippen LogP contribution in [0, 0.1) is 16.2 Å². The molecule has 0 bridgehead atoms. The maximum Gasteiger partial charge on any atom is 0.308 e. The van der Waals surface area contributed by atoms with E-state index in [-0.39, 0.29) is 30.5 Å². The highest BCUT2D eigenvalue weighted by Gasteiger charge is 2.61. The summed E-state index contributed by atoms with van der Waals surface area (Å²) in [5.41, 5.74) is 4.05. The fourth-order valence-electron chi connectivity index (χ4n) is 6.93. The Hall–Kier alpha value is -4.07. The molecule has 2 N–H and O–H groups in total. The van der Waals surface area contributed by atoms with Crippen LogP contribution in [0.2, 0.25) is 0 Å². The molecule has 0 aromatic heterocycles. The number of hydrogen-bond donors (Lipinski definition) is 2. The monoisotopic (exact) mass is 728 g/mol. The predicted molar refractivity (Wildman–Crippen MR) is 215 cm³/mol. The summed E-state index contributed by atoms with van der Waals surface area (Å²) in [5.74, 6) is -2.87. The lowest BCUT2D eigenvalue weighted by molar-refractivity contribution is -0.298. The molecule has 1 fully saturated rings. The van der Waals surface area contributed by atoms with Gasteiger partial charge in [0.1, 0.15) is 6.10 Å². The van der Waals surface area contributed by atoms with Gasteiger partial charge >= 0.3 is 11.9 Å². The second-order valence-corrected chi connectivity index (χ2v) is 15.9. The number of carbonyl (C=O) groups is 3. The first kappa shape index (κ1) is 45.1. The zero-order valence-electron chi connectivity index (χ0n) is 34.2. The summed E-state index contributed by atoms with van der Waals surface area (Å²) in [6, 6.07) is 0. The van der Waals surface area contributed by atoms with Gasteiger partial charge < -0.3 is 19.7 Å². The third-order valence-electron chi connectivity index (χ3n) is 10.8. The van der Waals surface area contributed by atoms with Gasteiger partial charge in [0, 0.05) is 24.7 Å². The minimum atomic E-state index is -1.84. The Kier molecular flexibility index (Phi) is 16.4. The number of esters is 2. The van der Waals surface area contributed by atoms with Gasteiger partial charge in [0.15, 0.2) is 5.78 Å². The zero-order chi connectivity index (χ0) is 40.2. The maximum absolute atomic E-state index is 13.0. The molecule has 53 heavy (non-hydrogen) atoms. The van der Waals surface area contributed by atoms with Gasteiger partial charge in [-0.25, -0.2) is 0 Å². The van der Waals surface area contributed by atoms with Gasteiger partial charge in [0.05, 0.1) is 11.5 Å². The fraction of sp³-hybridized carbons (Fsp3) is 0.500. The molecule has 0 heterocycles. The van der Waals surface area contributed by atoms with E-state index in [2.05, 4.69) is 13.8 Å². The molecule has 290 valence electrons. The first-order valence-corrected chi connectivity index (χ1v) is 18.8. The van der Waals surface area contributed by atoms with Gasteiger partial charge in [-0.15, -0.1) is 0 Å². The molecule has 2 rings (SSSR count). The average molecular weight is 729 g/mol. The molecule has 0 radical (unpaired) electrons. The van der Waals surface area contributed by atoms with Crippen molar-refractivity contribution in [3.05, 3.63) is 119 Å². The normalized spacial score (nSPS) is 25.5. The second kappa shape index (κ2) is 19.3. The Morgan fingerprint density at radius 3 is 1.58 bits per heavy atom. The second-order valence-electron chi connectivity index (χ2n) is 15.9. The first-order chi connectivity index (χ1) is 24.6. The van der Waals surface area contributed by atoms with Crippen molar-refractivity contribution < 1.29 is 34.1 Å². The van der Waals surface area contributed by atoms with E-state index in [9.17, 15) is 24.6 Å². The molecule has 0 amide bonds. The summed E-state index contributed by atoms with van der Waals surface area (Å²) < 4.78 is 11.5. The topological polar surface area (TPSA) is 110 Å². The lowest BCUT2D eigenvalue weighted by Gasteiger charge is -2.51. The number of aliphatic hydroxyl groups is 2. The summed E-state index contributed by atoms with van der Waals surface area (Å²) in [6.07, 6.45) is 27.3. The Morgan fingerprint density at radius 1 is 0.679 bits per heavy atom. The minimum absolute atomic E-state index is 0.0614. The van der Waals surface area contributed by atoms with Gasteiger partial charge in [0.25, 0.3) is 5.79 Å². The number of aliphatic hydroxyl groups excluding tert-OH is 2. The Labute approximate surface area is 319 Å². The molecule has 0 unspecified atom stereocenters. The van der Waals surface area contributed by atoms with E-state index >= 15 is 0 Å². The summed E-state index contributed by atoms with van der Waals surface area (Å²) in [7, 11) is 0. The maximum atomic E-state index is 13.0. The van der Waals surface area contributed by atoms with Crippen LogP contribution in [-0.4, -0.2) is 45.9 Å². The van der Waals surface area contributed by atoms with Crippen molar-refractivity contribution in [1.29, 1.82) is 0 Å². The lowest BCUT2D eigenvalue weighted by atomic mass is 9.66. The van der Waals surface area contributed by atoms with E-state index in [4.69, 9.17) is 9.47 Å². The van der Waals surface area contributed by atoms with Crippen LogP contribution in [0.15, 0.2) is 119 Å². The number of carbonyl (C=O) groups excluding carboxylic acids is 3. The van der Waals surface area contributed by atoms with E-state index in [0.717, 1.165) is 33.4 Å². The summed E-state index contributed by atoms with van der Waals surface area (Å²) >= 11 is 0. The quantitative estimate of drug-likeness (QED) is 0.0748. The molecule has 7 heteroatoms. The number of ether oxygens (including phenoxy) is 2. The first-order valence-electron chi connectivity index (χ1n) is 18.8. The van der Waals surface area contributed by atoms with Crippen LogP contribution in [0.5, 0.6) is 0 Å². The Bertz CT molecular complexity index is 1650. The van der Waals surface area contributed by atoms with Crippen molar-refractivity contribution in [2.24, 2.45) is 16.2 Å². The highest BCUT2D eigenvalue weighted by Crippen LogP contribution is 2.53. The standard InChI is InChI=1S/C46H64O7/c1-13-41(50)52-46(53-42(51)14-2)40(49)29-36(7)38(44(46,10)11)27-25-34(5)23-17-21-32(3)19-15-16-20-33(4)22-18-24-35(6)26-28-39(48)45(12)31-37(47)30-43(45,8)9/h15-28,37,40,47,49H,13-14,29-31H2,1-12H3/b16-15+,21-17+,22-18+,27-25+,28-26+,32-19+,33-20+,34-23+,35-24+/t37-,40+,45-/m0/s1. The average Bonchev–Trinajstić information content (AvgIpc) is 3.29. The van der Waals surface area contributed by atoms with Gasteiger partial charge in [-0.2, -0.15) is 0 Å². The molecule has 1 saturated carbocycles. The van der Waals surface area contributed by atoms with E-state index in [1.807, 2.05) is 134 Å². The van der Waals surface area contributed by atoms with E-state index < -0.39 is 40.8 Å². The zero-order valence-corrected chi connectivity index (χ0v) is 34.2. The molecule has 0 aliphatic heterocycles. The molecule has 0 spiro atoms. The minimum Gasteiger partial charge on any atom is -0.419 e. The van der Waals surface area contributed by atoms with Crippen LogP contribution < -0.4 is 0 Å². The van der Waals surface area contributed by atoms with Crippen LogP contribution in [-0.2, 0) is 23.9 Å². The van der Waals surface area contributed by atoms with E-state index in [1.54, 1.807) is 19.9 Å². The lowest BCUT2D eigenvalue weighted by Crippen LogP contribution is -2.62. The molecule has 3 atom stereocenters. The SMILES string of the molecule is CCC(=O)OC1(OC(=O)CC)[C@H](O)CC(C)=C(/C=C/C(C)=C/C=C/C(C)=C/C=C/C=C(C)/C=C/C=C(C)/C=C/C(=O)[C@]2(C)C[C@@H](O)CC2(C)C)C1(C)C. The third kappa shape index (κ3) is 11.7. The van der Waals surface area contributed by atoms with Crippen molar-refractivity contribution in [1.82, 2.24) is 0 Å². The Balaban J connectivity index is 2.05. The molecule has 2 aliphatic rings. The predicted octanol–water partition coefficient (Wildman–Crippen LogP) is 10.0. The molecular formula is C46H64O7. The van der Waals surface area contributed by atoms with E-state index in [1.165, 1.54) is 0 Å². The van der Waals surface area contributed by atoms with Crippen LogP contribution in [0.4, 0.5) is 0 Å². The van der Waals surface area contributed by atoms with Crippen molar-refractivity contribution in [3.63, 3.8) is 0 Å². The van der Waals surface area contributed by atoms with Crippen molar-refractivity contribution in [2.75, 3.05) is 0 Å². The molecule has 0 aromatic carbocycles. The van der Waals surface area contributed by atoms with Crippen molar-refractivity contribution in [3.8, 4) is 0 Å². The van der Waals surface area contributed by atoms with E-state index in [0.29, 0.717) is 12.8 Å². The fourth-order valence-corrected chi connectivity index (χ4v) is 6.93. The molecule has 2 aliphatic carbocycles. The van der Waals surface area contributed by atoms with Crippen LogP contribution in [0.25, 0.3) is 0 Å². The van der Waals surface area contributed by atoms with Crippen LogP contribution in [0.1, 0.15) is 115 Å². The Morgan fingerprint density at radius 2 is 1.13 bits per heavy atom. The van der Waals surface area contributed by atoms with Gasteiger partial charge in [-0.1, -0.05) is 141 Å². The smallest absolute Gasteiger partial charge is 0.308 e. The summed E-state index contributed by atoms with van der Waals surface area (Å²) in [5, 5.41) is 21.3. The molecule has 0 saturated heterocycles. The largest absolute Gasteiger partial charge is 0.419 e. The molecular weight excluding hydrogens is 664 g/mol. The summed E-state index contributed by atoms with van der Waals surface area (Å²) in [4.78, 5) is 37.9. The third-order valence-corrected chi connectivity index (χ3v) is 10.8. The molecule has 7 nitrogen and oxygen atoms in total. The number of rotatable bonds is 15. The summed E-state index contributed by atoms with van der Waals surface area (Å²) in [6.45, 7) is 23.0. The molecule has 0 aromatic rings. The van der Waals surface area contributed by atoms with Gasteiger partial charge in [-0.05, 0) is 78.4 Å². The van der Waals surface area contributed by atoms with Crippen LogP contribution in [0.3, 0.4) is 0 Å². The van der Waals surface area contributed by atoms with Gasteiger partial charge in [-0.3, -0.25) is 14.4 Å². The van der Waals surface area contributed by atoms with Crippen molar-refractivity contribution >= 4 is 17.7 Å². The highest BCUT2D eigenvalue weighted by molar-refractivity contribution is 5.95. The highest BCUT2D eigenvalue weighted by atomic mass is 16.7. The van der Waals surface area contributed by atoms with Crippen molar-refractivity contribution in [2.45, 2.75) is 133 Å². The van der Waals surface area contributed by atoms with Crippen LogP contribution >= 0.6 is 0 Å².